The Labute approximate surface area is 115 Å². The van der Waals surface area contributed by atoms with Crippen LogP contribution in [0, 0.1) is 17.1 Å². The van der Waals surface area contributed by atoms with E-state index in [2.05, 4.69) is 16.5 Å². The predicted molar refractivity (Wildman–Crippen MR) is 71.3 cm³/mol. The summed E-state index contributed by atoms with van der Waals surface area (Å²) in [7, 11) is 0. The first-order chi connectivity index (χ1) is 9.73. The van der Waals surface area contributed by atoms with Gasteiger partial charge in [0.15, 0.2) is 0 Å². The molecule has 1 aliphatic carbocycles. The quantitative estimate of drug-likeness (QED) is 0.862. The summed E-state index contributed by atoms with van der Waals surface area (Å²) in [5.74, 6) is -0.309. The molecule has 0 amide bonds. The van der Waals surface area contributed by atoms with E-state index in [0.29, 0.717) is 23.4 Å². The topological polar surface area (TPSA) is 53.6 Å². The van der Waals surface area contributed by atoms with Crippen LogP contribution in [0.1, 0.15) is 24.1 Å². The number of nitrogens with one attached hydrogen (secondary N) is 1. The SMILES string of the molecule is N#Cc1c(-c2cccc(F)c2)nn2c1CNCC21CC1. The molecule has 20 heavy (non-hydrogen) atoms. The summed E-state index contributed by atoms with van der Waals surface area (Å²) in [5, 5.41) is 17.5. The molecule has 0 bridgehead atoms. The van der Waals surface area contributed by atoms with Gasteiger partial charge in [-0.05, 0) is 25.0 Å². The van der Waals surface area contributed by atoms with Gasteiger partial charge in [0.25, 0.3) is 0 Å². The normalized spacial score (nSPS) is 18.6. The molecule has 1 saturated carbocycles. The van der Waals surface area contributed by atoms with Crippen LogP contribution in [0.4, 0.5) is 4.39 Å². The lowest BCUT2D eigenvalue weighted by Gasteiger charge is -2.25. The van der Waals surface area contributed by atoms with Crippen LogP contribution in [0.15, 0.2) is 24.3 Å². The maximum Gasteiger partial charge on any atom is 0.123 e. The zero-order chi connectivity index (χ0) is 13.7. The predicted octanol–water partition coefficient (Wildman–Crippen LogP) is 2.15. The first-order valence-corrected chi connectivity index (χ1v) is 6.73. The van der Waals surface area contributed by atoms with Gasteiger partial charge in [-0.2, -0.15) is 10.4 Å². The molecule has 0 unspecified atom stereocenters. The molecule has 1 aromatic heterocycles. The second kappa shape index (κ2) is 3.90. The second-order valence-corrected chi connectivity index (χ2v) is 5.53. The highest BCUT2D eigenvalue weighted by Gasteiger charge is 2.49. The minimum atomic E-state index is -0.309. The minimum absolute atomic E-state index is 0.0464. The molecule has 4 nitrogen and oxygen atoms in total. The van der Waals surface area contributed by atoms with Gasteiger partial charge >= 0.3 is 0 Å². The van der Waals surface area contributed by atoms with Crippen LogP contribution in [0.25, 0.3) is 11.3 Å². The average Bonchev–Trinajstić information content (AvgIpc) is 3.11. The zero-order valence-electron chi connectivity index (χ0n) is 10.9. The average molecular weight is 268 g/mol. The monoisotopic (exact) mass is 268 g/mol. The summed E-state index contributed by atoms with van der Waals surface area (Å²) in [6, 6.07) is 8.52. The van der Waals surface area contributed by atoms with Crippen molar-refractivity contribution in [3.8, 4) is 17.3 Å². The van der Waals surface area contributed by atoms with E-state index < -0.39 is 0 Å². The van der Waals surface area contributed by atoms with Crippen molar-refractivity contribution in [3.05, 3.63) is 41.3 Å². The number of aromatic nitrogens is 2. The van der Waals surface area contributed by atoms with E-state index >= 15 is 0 Å². The van der Waals surface area contributed by atoms with Crippen molar-refractivity contribution in [2.24, 2.45) is 0 Å². The molecule has 2 aliphatic rings. The largest absolute Gasteiger partial charge is 0.309 e. The van der Waals surface area contributed by atoms with Gasteiger partial charge in [-0.15, -0.1) is 0 Å². The molecular formula is C15H13FN4. The number of nitrogens with zero attached hydrogens (tertiary/aromatic N) is 3. The van der Waals surface area contributed by atoms with Gasteiger partial charge in [0.2, 0.25) is 0 Å². The first-order valence-electron chi connectivity index (χ1n) is 6.73. The van der Waals surface area contributed by atoms with Crippen molar-refractivity contribution in [2.75, 3.05) is 6.54 Å². The Morgan fingerprint density at radius 1 is 1.40 bits per heavy atom. The van der Waals surface area contributed by atoms with Crippen molar-refractivity contribution in [1.29, 1.82) is 5.26 Å². The molecule has 100 valence electrons. The Balaban J connectivity index is 1.93. The summed E-state index contributed by atoms with van der Waals surface area (Å²) >= 11 is 0. The number of rotatable bonds is 1. The van der Waals surface area contributed by atoms with E-state index in [9.17, 15) is 9.65 Å². The Kier molecular flexibility index (Phi) is 2.27. The highest BCUT2D eigenvalue weighted by atomic mass is 19.1. The smallest absolute Gasteiger partial charge is 0.123 e. The van der Waals surface area contributed by atoms with Gasteiger partial charge in [-0.25, -0.2) is 4.39 Å². The Morgan fingerprint density at radius 3 is 2.95 bits per heavy atom. The first kappa shape index (κ1) is 11.6. The molecule has 4 rings (SSSR count). The van der Waals surface area contributed by atoms with Gasteiger partial charge in [-0.3, -0.25) is 4.68 Å². The minimum Gasteiger partial charge on any atom is -0.309 e. The van der Waals surface area contributed by atoms with E-state index in [-0.39, 0.29) is 11.4 Å². The van der Waals surface area contributed by atoms with E-state index in [0.717, 1.165) is 25.1 Å². The van der Waals surface area contributed by atoms with Crippen LogP contribution in [-0.4, -0.2) is 16.3 Å². The van der Waals surface area contributed by atoms with Crippen molar-refractivity contribution in [1.82, 2.24) is 15.1 Å². The summed E-state index contributed by atoms with van der Waals surface area (Å²) < 4.78 is 15.4. The van der Waals surface area contributed by atoms with Crippen LogP contribution < -0.4 is 5.32 Å². The summed E-state index contributed by atoms with van der Waals surface area (Å²) in [6.07, 6.45) is 2.17. The Hall–Kier alpha value is -2.19. The summed E-state index contributed by atoms with van der Waals surface area (Å²) in [4.78, 5) is 0. The third-order valence-corrected chi connectivity index (χ3v) is 4.21. The Bertz CT molecular complexity index is 737. The number of benzene rings is 1. The van der Waals surface area contributed by atoms with E-state index in [1.165, 1.54) is 12.1 Å². The molecule has 2 heterocycles. The van der Waals surface area contributed by atoms with Gasteiger partial charge in [0, 0.05) is 18.7 Å². The molecule has 1 spiro atoms. The lowest BCUT2D eigenvalue weighted by molar-refractivity contribution is 0.346. The third kappa shape index (κ3) is 1.52. The molecule has 1 aliphatic heterocycles. The molecule has 0 saturated heterocycles. The highest BCUT2D eigenvalue weighted by molar-refractivity contribution is 5.68. The Morgan fingerprint density at radius 2 is 2.25 bits per heavy atom. The number of nitriles is 1. The standard InChI is InChI=1S/C15H13FN4/c16-11-3-1-2-10(6-11)14-12(7-17)13-8-18-9-15(4-5-15)20(13)19-14/h1-3,6,18H,4-5,8-9H2. The van der Waals surface area contributed by atoms with E-state index in [1.807, 2.05) is 4.68 Å². The van der Waals surface area contributed by atoms with Crippen molar-refractivity contribution < 1.29 is 4.39 Å². The lowest BCUT2D eigenvalue weighted by atomic mass is 10.1. The van der Waals surface area contributed by atoms with Crippen LogP contribution in [0.5, 0.6) is 0 Å². The number of hydrogen-bond donors (Lipinski definition) is 1. The molecule has 1 aromatic carbocycles. The van der Waals surface area contributed by atoms with Crippen molar-refractivity contribution in [3.63, 3.8) is 0 Å². The zero-order valence-corrected chi connectivity index (χ0v) is 10.9. The lowest BCUT2D eigenvalue weighted by Crippen LogP contribution is -2.39. The van der Waals surface area contributed by atoms with Gasteiger partial charge < -0.3 is 5.32 Å². The van der Waals surface area contributed by atoms with Crippen LogP contribution in [0.3, 0.4) is 0 Å². The molecular weight excluding hydrogens is 255 g/mol. The van der Waals surface area contributed by atoms with Gasteiger partial charge in [0.1, 0.15) is 23.1 Å². The molecule has 1 N–H and O–H groups in total. The van der Waals surface area contributed by atoms with E-state index in [4.69, 9.17) is 0 Å². The third-order valence-electron chi connectivity index (χ3n) is 4.21. The van der Waals surface area contributed by atoms with Crippen LogP contribution >= 0.6 is 0 Å². The molecule has 5 heteroatoms. The fraction of sp³-hybridized carbons (Fsp3) is 0.333. The maximum atomic E-state index is 13.4. The molecule has 2 aromatic rings. The highest BCUT2D eigenvalue weighted by Crippen LogP contribution is 2.46. The van der Waals surface area contributed by atoms with Crippen LogP contribution in [-0.2, 0) is 12.1 Å². The number of hydrogen-bond acceptors (Lipinski definition) is 3. The van der Waals surface area contributed by atoms with Crippen molar-refractivity contribution >= 4 is 0 Å². The summed E-state index contributed by atoms with van der Waals surface area (Å²) in [6.45, 7) is 1.54. The molecule has 0 radical (unpaired) electrons. The second-order valence-electron chi connectivity index (χ2n) is 5.53. The maximum absolute atomic E-state index is 13.4. The molecule has 1 fully saturated rings. The van der Waals surface area contributed by atoms with Gasteiger partial charge in [-0.1, -0.05) is 12.1 Å². The van der Waals surface area contributed by atoms with Crippen molar-refractivity contribution in [2.45, 2.75) is 24.9 Å². The van der Waals surface area contributed by atoms with Crippen LogP contribution in [0.2, 0.25) is 0 Å². The fourth-order valence-corrected chi connectivity index (χ4v) is 2.99. The molecule has 0 atom stereocenters. The van der Waals surface area contributed by atoms with E-state index in [1.54, 1.807) is 12.1 Å². The number of halogens is 1. The van der Waals surface area contributed by atoms with Gasteiger partial charge in [0.05, 0.1) is 11.2 Å². The number of fused-ring (bicyclic) bond motifs is 2. The fourth-order valence-electron chi connectivity index (χ4n) is 2.99. The summed E-state index contributed by atoms with van der Waals surface area (Å²) in [5.41, 5.74) is 2.80.